The summed E-state index contributed by atoms with van der Waals surface area (Å²) in [7, 11) is 3.03. The number of halogens is 1. The summed E-state index contributed by atoms with van der Waals surface area (Å²) in [4.78, 5) is 19.6. The van der Waals surface area contributed by atoms with Crippen molar-refractivity contribution in [3.05, 3.63) is 58.1 Å². The van der Waals surface area contributed by atoms with Crippen LogP contribution < -0.4 is 19.8 Å². The Morgan fingerprint density at radius 3 is 2.44 bits per heavy atom. The number of rotatable bonds is 6. The third-order valence-corrected chi connectivity index (χ3v) is 4.21. The van der Waals surface area contributed by atoms with E-state index >= 15 is 0 Å². The van der Waals surface area contributed by atoms with Crippen molar-refractivity contribution in [2.75, 3.05) is 20.8 Å². The van der Waals surface area contributed by atoms with E-state index in [4.69, 9.17) is 25.8 Å². The zero-order chi connectivity index (χ0) is 19.4. The SMILES string of the molecule is CCOc1ccc(/C=C(\Cl)c2nc3cc(OC)c(OC)cc3c(=O)[nH]2)cc1. The number of aromatic nitrogens is 2. The lowest BCUT2D eigenvalue weighted by Gasteiger charge is -2.09. The number of nitrogens with zero attached hydrogens (tertiary/aromatic N) is 1. The van der Waals surface area contributed by atoms with Gasteiger partial charge < -0.3 is 19.2 Å². The molecule has 0 atom stereocenters. The third-order valence-electron chi connectivity index (χ3n) is 3.92. The lowest BCUT2D eigenvalue weighted by atomic mass is 10.2. The number of ether oxygens (including phenoxy) is 3. The van der Waals surface area contributed by atoms with Gasteiger partial charge in [-0.1, -0.05) is 23.7 Å². The zero-order valence-electron chi connectivity index (χ0n) is 15.2. The van der Waals surface area contributed by atoms with Gasteiger partial charge in [0.15, 0.2) is 17.3 Å². The van der Waals surface area contributed by atoms with Crippen molar-refractivity contribution in [2.45, 2.75) is 6.92 Å². The minimum Gasteiger partial charge on any atom is -0.494 e. The second kappa shape index (κ2) is 8.14. The van der Waals surface area contributed by atoms with E-state index < -0.39 is 0 Å². The Morgan fingerprint density at radius 2 is 1.81 bits per heavy atom. The van der Waals surface area contributed by atoms with Crippen LogP contribution in [0.25, 0.3) is 22.0 Å². The highest BCUT2D eigenvalue weighted by atomic mass is 35.5. The molecule has 0 aliphatic carbocycles. The number of methoxy groups -OCH3 is 2. The van der Waals surface area contributed by atoms with E-state index in [0.29, 0.717) is 34.0 Å². The molecule has 3 aromatic rings. The summed E-state index contributed by atoms with van der Waals surface area (Å²) >= 11 is 6.39. The van der Waals surface area contributed by atoms with Crippen molar-refractivity contribution in [1.29, 1.82) is 0 Å². The van der Waals surface area contributed by atoms with Crippen LogP contribution in [-0.4, -0.2) is 30.8 Å². The van der Waals surface area contributed by atoms with Gasteiger partial charge in [-0.3, -0.25) is 4.79 Å². The fraction of sp³-hybridized carbons (Fsp3) is 0.200. The molecule has 140 valence electrons. The molecule has 1 N–H and O–H groups in total. The van der Waals surface area contributed by atoms with Gasteiger partial charge in [-0.05, 0) is 36.8 Å². The Kier molecular flexibility index (Phi) is 5.66. The Morgan fingerprint density at radius 1 is 1.15 bits per heavy atom. The second-order valence-corrected chi connectivity index (χ2v) is 6.04. The molecule has 0 amide bonds. The minimum atomic E-state index is -0.311. The fourth-order valence-electron chi connectivity index (χ4n) is 2.62. The molecule has 2 aromatic carbocycles. The Hall–Kier alpha value is -2.99. The highest BCUT2D eigenvalue weighted by molar-refractivity contribution is 6.50. The molecule has 0 bridgehead atoms. The summed E-state index contributed by atoms with van der Waals surface area (Å²) < 4.78 is 15.9. The summed E-state index contributed by atoms with van der Waals surface area (Å²) in [6.07, 6.45) is 1.72. The lowest BCUT2D eigenvalue weighted by Crippen LogP contribution is -2.11. The van der Waals surface area contributed by atoms with Gasteiger partial charge in [0.2, 0.25) is 0 Å². The maximum Gasteiger partial charge on any atom is 0.259 e. The monoisotopic (exact) mass is 386 g/mol. The predicted octanol–water partition coefficient (Wildman–Crippen LogP) is 4.08. The van der Waals surface area contributed by atoms with Crippen molar-refractivity contribution < 1.29 is 14.2 Å². The molecule has 0 aliphatic heterocycles. The first kappa shape index (κ1) is 18.8. The molecule has 0 spiro atoms. The summed E-state index contributed by atoms with van der Waals surface area (Å²) in [5, 5.41) is 0.704. The molecule has 7 heteroatoms. The van der Waals surface area contributed by atoms with Crippen LogP contribution in [0.4, 0.5) is 0 Å². The van der Waals surface area contributed by atoms with Crippen LogP contribution in [0.2, 0.25) is 0 Å². The number of benzene rings is 2. The van der Waals surface area contributed by atoms with Crippen molar-refractivity contribution in [1.82, 2.24) is 9.97 Å². The van der Waals surface area contributed by atoms with Crippen molar-refractivity contribution in [2.24, 2.45) is 0 Å². The molecule has 0 fully saturated rings. The summed E-state index contributed by atoms with van der Waals surface area (Å²) in [5.74, 6) is 2.00. The number of fused-ring (bicyclic) bond motifs is 1. The van der Waals surface area contributed by atoms with Crippen LogP contribution in [-0.2, 0) is 0 Å². The molecule has 0 radical (unpaired) electrons. The molecule has 1 aromatic heterocycles. The summed E-state index contributed by atoms with van der Waals surface area (Å²) in [6.45, 7) is 2.53. The van der Waals surface area contributed by atoms with Crippen LogP contribution in [0.1, 0.15) is 18.3 Å². The molecular formula is C20H19ClN2O4. The lowest BCUT2D eigenvalue weighted by molar-refractivity contribution is 0.340. The highest BCUT2D eigenvalue weighted by Crippen LogP contribution is 2.30. The number of H-pyrrole nitrogens is 1. The normalized spacial score (nSPS) is 11.5. The van der Waals surface area contributed by atoms with Gasteiger partial charge in [-0.2, -0.15) is 0 Å². The van der Waals surface area contributed by atoms with E-state index in [0.717, 1.165) is 11.3 Å². The first-order valence-electron chi connectivity index (χ1n) is 8.32. The van der Waals surface area contributed by atoms with Crippen LogP contribution >= 0.6 is 11.6 Å². The minimum absolute atomic E-state index is 0.273. The number of hydrogen-bond acceptors (Lipinski definition) is 5. The maximum atomic E-state index is 12.4. The molecule has 0 unspecified atom stereocenters. The van der Waals surface area contributed by atoms with E-state index in [1.807, 2.05) is 31.2 Å². The average molecular weight is 387 g/mol. The standard InChI is InChI=1S/C20H19ClN2O4/c1-4-27-13-7-5-12(6-8-13)9-15(21)19-22-16-11-18(26-3)17(25-2)10-14(16)20(24)23-19/h5-11H,4H2,1-3H3,(H,22,23,24)/b15-9-. The smallest absolute Gasteiger partial charge is 0.259 e. The van der Waals surface area contributed by atoms with Gasteiger partial charge >= 0.3 is 0 Å². The zero-order valence-corrected chi connectivity index (χ0v) is 16.0. The molecule has 0 saturated carbocycles. The average Bonchev–Trinajstić information content (AvgIpc) is 2.68. The maximum absolute atomic E-state index is 12.4. The van der Waals surface area contributed by atoms with Crippen molar-refractivity contribution in [3.8, 4) is 17.2 Å². The van der Waals surface area contributed by atoms with Gasteiger partial charge in [-0.15, -0.1) is 0 Å². The largest absolute Gasteiger partial charge is 0.494 e. The van der Waals surface area contributed by atoms with Crippen LogP contribution in [0, 0.1) is 0 Å². The Balaban J connectivity index is 2.01. The van der Waals surface area contributed by atoms with Crippen molar-refractivity contribution >= 4 is 33.6 Å². The predicted molar refractivity (Wildman–Crippen MR) is 107 cm³/mol. The van der Waals surface area contributed by atoms with E-state index in [2.05, 4.69) is 9.97 Å². The molecule has 0 saturated heterocycles. The molecular weight excluding hydrogens is 368 g/mol. The molecule has 27 heavy (non-hydrogen) atoms. The van der Waals surface area contributed by atoms with E-state index in [1.165, 1.54) is 14.2 Å². The van der Waals surface area contributed by atoms with E-state index in [1.54, 1.807) is 18.2 Å². The van der Waals surface area contributed by atoms with Gasteiger partial charge in [0.25, 0.3) is 5.56 Å². The number of hydrogen-bond donors (Lipinski definition) is 1. The number of aromatic amines is 1. The van der Waals surface area contributed by atoms with Gasteiger partial charge in [0.05, 0.1) is 36.8 Å². The van der Waals surface area contributed by atoms with Gasteiger partial charge in [0.1, 0.15) is 5.75 Å². The van der Waals surface area contributed by atoms with Crippen LogP contribution in [0.5, 0.6) is 17.2 Å². The second-order valence-electron chi connectivity index (χ2n) is 5.63. The third kappa shape index (κ3) is 4.06. The van der Waals surface area contributed by atoms with Gasteiger partial charge in [0, 0.05) is 6.07 Å². The molecule has 0 aliphatic rings. The van der Waals surface area contributed by atoms with E-state index in [-0.39, 0.29) is 11.4 Å². The van der Waals surface area contributed by atoms with Crippen LogP contribution in [0.15, 0.2) is 41.2 Å². The summed E-state index contributed by atoms with van der Waals surface area (Å²) in [5.41, 5.74) is 1.01. The molecule has 1 heterocycles. The van der Waals surface area contributed by atoms with Crippen molar-refractivity contribution in [3.63, 3.8) is 0 Å². The number of nitrogens with one attached hydrogen (secondary N) is 1. The van der Waals surface area contributed by atoms with Gasteiger partial charge in [-0.25, -0.2) is 4.98 Å². The van der Waals surface area contributed by atoms with E-state index in [9.17, 15) is 4.79 Å². The Labute approximate surface area is 161 Å². The van der Waals surface area contributed by atoms with Crippen LogP contribution in [0.3, 0.4) is 0 Å². The quantitative estimate of drug-likeness (QED) is 0.691. The molecule has 3 rings (SSSR count). The first-order valence-corrected chi connectivity index (χ1v) is 8.70. The Bertz CT molecular complexity index is 1040. The topological polar surface area (TPSA) is 73.4 Å². The fourth-order valence-corrected chi connectivity index (χ4v) is 2.84. The first-order chi connectivity index (χ1) is 13.0. The molecule has 6 nitrogen and oxygen atoms in total. The highest BCUT2D eigenvalue weighted by Gasteiger charge is 2.12. The summed E-state index contributed by atoms with van der Waals surface area (Å²) in [6, 6.07) is 10.7.